The van der Waals surface area contributed by atoms with E-state index in [9.17, 15) is 0 Å². The van der Waals surface area contributed by atoms with E-state index in [0.29, 0.717) is 10.8 Å². The summed E-state index contributed by atoms with van der Waals surface area (Å²) < 4.78 is 4.29. The summed E-state index contributed by atoms with van der Waals surface area (Å²) in [5.74, 6) is 0.742. The Morgan fingerprint density at radius 2 is 1.95 bits per heavy atom. The summed E-state index contributed by atoms with van der Waals surface area (Å²) in [7, 11) is 0. The van der Waals surface area contributed by atoms with Gasteiger partial charge < -0.3 is 0 Å². The molecular formula is C13H7BrClN5. The van der Waals surface area contributed by atoms with Gasteiger partial charge in [-0.15, -0.1) is 0 Å². The first kappa shape index (κ1) is 11.9. The molecule has 0 unspecified atom stereocenters. The summed E-state index contributed by atoms with van der Waals surface area (Å²) >= 11 is 9.52. The number of hydrogen-bond donors (Lipinski definition) is 0. The predicted octanol–water partition coefficient (Wildman–Crippen LogP) is 3.48. The second-order valence-electron chi connectivity index (χ2n) is 4.28. The Kier molecular flexibility index (Phi) is 2.55. The molecule has 3 aromatic heterocycles. The Balaban J connectivity index is 2.12. The molecule has 0 saturated carbocycles. The quantitative estimate of drug-likeness (QED) is 0.495. The van der Waals surface area contributed by atoms with Crippen molar-refractivity contribution >= 4 is 44.1 Å². The monoisotopic (exact) mass is 347 g/mol. The molecule has 5 nitrogen and oxygen atoms in total. The lowest BCUT2D eigenvalue weighted by atomic mass is 10.2. The molecule has 0 fully saturated rings. The summed E-state index contributed by atoms with van der Waals surface area (Å²) in [6.07, 6.45) is 3.50. The van der Waals surface area contributed by atoms with E-state index in [1.54, 1.807) is 21.5 Å². The number of fused-ring (bicyclic) bond motifs is 2. The molecular weight excluding hydrogens is 342 g/mol. The van der Waals surface area contributed by atoms with Crippen LogP contribution < -0.4 is 0 Å². The third-order valence-corrected chi connectivity index (χ3v) is 3.83. The van der Waals surface area contributed by atoms with Gasteiger partial charge in [0.2, 0.25) is 0 Å². The van der Waals surface area contributed by atoms with E-state index in [1.807, 2.05) is 30.5 Å². The first-order valence-electron chi connectivity index (χ1n) is 5.87. The average Bonchev–Trinajstić information content (AvgIpc) is 3.03. The van der Waals surface area contributed by atoms with E-state index in [0.717, 1.165) is 21.2 Å². The number of aromatic nitrogens is 5. The molecule has 0 saturated heterocycles. The summed E-state index contributed by atoms with van der Waals surface area (Å²) in [6, 6.07) is 9.71. The van der Waals surface area contributed by atoms with E-state index in [-0.39, 0.29) is 0 Å². The van der Waals surface area contributed by atoms with E-state index in [1.165, 1.54) is 0 Å². The van der Waals surface area contributed by atoms with Crippen LogP contribution in [0.1, 0.15) is 0 Å². The van der Waals surface area contributed by atoms with Crippen LogP contribution in [0.3, 0.4) is 0 Å². The molecule has 4 rings (SSSR count). The zero-order valence-electron chi connectivity index (χ0n) is 10.0. The first-order valence-corrected chi connectivity index (χ1v) is 7.04. The Hall–Kier alpha value is -1.92. The molecule has 0 aliphatic carbocycles. The first-order chi connectivity index (χ1) is 9.74. The Labute approximate surface area is 126 Å². The highest BCUT2D eigenvalue weighted by atomic mass is 79.9. The number of benzene rings is 1. The van der Waals surface area contributed by atoms with Gasteiger partial charge in [-0.3, -0.25) is 0 Å². The number of rotatable bonds is 1. The molecule has 20 heavy (non-hydrogen) atoms. The van der Waals surface area contributed by atoms with Gasteiger partial charge in [-0.2, -0.15) is 14.7 Å². The van der Waals surface area contributed by atoms with Crippen molar-refractivity contribution in [2.45, 2.75) is 0 Å². The lowest BCUT2D eigenvalue weighted by Gasteiger charge is -2.06. The minimum Gasteiger partial charge on any atom is -0.215 e. The maximum absolute atomic E-state index is 6.11. The van der Waals surface area contributed by atoms with Gasteiger partial charge in [-0.1, -0.05) is 29.8 Å². The highest BCUT2D eigenvalue weighted by Gasteiger charge is 2.13. The van der Waals surface area contributed by atoms with Gasteiger partial charge in [-0.25, -0.2) is 9.67 Å². The fourth-order valence-electron chi connectivity index (χ4n) is 2.20. The second-order valence-corrected chi connectivity index (χ2v) is 5.52. The summed E-state index contributed by atoms with van der Waals surface area (Å²) in [6.45, 7) is 0. The zero-order valence-corrected chi connectivity index (χ0v) is 12.4. The minimum absolute atomic E-state index is 0.397. The van der Waals surface area contributed by atoms with E-state index < -0.39 is 0 Å². The number of hydrogen-bond acceptors (Lipinski definition) is 3. The van der Waals surface area contributed by atoms with Crippen molar-refractivity contribution in [2.24, 2.45) is 0 Å². The van der Waals surface area contributed by atoms with Crippen LogP contribution in [0.5, 0.6) is 0 Å². The molecule has 98 valence electrons. The van der Waals surface area contributed by atoms with Gasteiger partial charge >= 0.3 is 0 Å². The molecule has 0 radical (unpaired) electrons. The van der Waals surface area contributed by atoms with Crippen molar-refractivity contribution < 1.29 is 0 Å². The fraction of sp³-hybridized carbons (Fsp3) is 0. The molecule has 1 aromatic carbocycles. The fourth-order valence-corrected chi connectivity index (χ4v) is 2.72. The van der Waals surface area contributed by atoms with Gasteiger partial charge in [0.05, 0.1) is 22.4 Å². The SMILES string of the molecule is Clc1cc(-n2ncc3ccccc32)n2ncc(Br)c2n1. The van der Waals surface area contributed by atoms with Crippen LogP contribution in [0.25, 0.3) is 22.4 Å². The summed E-state index contributed by atoms with van der Waals surface area (Å²) in [4.78, 5) is 4.26. The third-order valence-electron chi connectivity index (χ3n) is 3.07. The topological polar surface area (TPSA) is 48.0 Å². The van der Waals surface area contributed by atoms with Crippen molar-refractivity contribution in [1.29, 1.82) is 0 Å². The summed E-state index contributed by atoms with van der Waals surface area (Å²) in [5.41, 5.74) is 1.65. The van der Waals surface area contributed by atoms with Gasteiger partial charge in [-0.05, 0) is 22.0 Å². The maximum Gasteiger partial charge on any atom is 0.173 e. The Morgan fingerprint density at radius 1 is 1.10 bits per heavy atom. The van der Waals surface area contributed by atoms with Crippen molar-refractivity contribution in [3.05, 3.63) is 52.4 Å². The van der Waals surface area contributed by atoms with Gasteiger partial charge in [0.15, 0.2) is 11.5 Å². The second kappa shape index (κ2) is 4.29. The Morgan fingerprint density at radius 3 is 2.85 bits per heavy atom. The molecule has 0 aliphatic heterocycles. The van der Waals surface area contributed by atoms with E-state index in [2.05, 4.69) is 31.1 Å². The molecule has 0 N–H and O–H groups in total. The zero-order chi connectivity index (χ0) is 13.7. The largest absolute Gasteiger partial charge is 0.215 e. The lowest BCUT2D eigenvalue weighted by molar-refractivity contribution is 0.800. The van der Waals surface area contributed by atoms with Crippen LogP contribution in [-0.4, -0.2) is 24.4 Å². The average molecular weight is 349 g/mol. The molecule has 0 aliphatic rings. The number of para-hydroxylation sites is 1. The molecule has 7 heteroatoms. The highest BCUT2D eigenvalue weighted by molar-refractivity contribution is 9.10. The molecule has 4 aromatic rings. The van der Waals surface area contributed by atoms with Gasteiger partial charge in [0.25, 0.3) is 0 Å². The van der Waals surface area contributed by atoms with Crippen molar-refractivity contribution in [3.63, 3.8) is 0 Å². The maximum atomic E-state index is 6.11. The predicted molar refractivity (Wildman–Crippen MR) is 80.3 cm³/mol. The number of nitrogens with zero attached hydrogens (tertiary/aromatic N) is 5. The lowest BCUT2D eigenvalue weighted by Crippen LogP contribution is -2.06. The van der Waals surface area contributed by atoms with Gasteiger partial charge in [0.1, 0.15) is 5.15 Å². The minimum atomic E-state index is 0.397. The van der Waals surface area contributed by atoms with Crippen molar-refractivity contribution in [1.82, 2.24) is 24.4 Å². The Bertz CT molecular complexity index is 942. The van der Waals surface area contributed by atoms with Crippen LogP contribution in [0, 0.1) is 0 Å². The van der Waals surface area contributed by atoms with Gasteiger partial charge in [0, 0.05) is 11.5 Å². The van der Waals surface area contributed by atoms with Crippen molar-refractivity contribution in [3.8, 4) is 5.82 Å². The summed E-state index contributed by atoms with van der Waals surface area (Å²) in [5, 5.41) is 10.2. The van der Waals surface area contributed by atoms with Crippen LogP contribution >= 0.6 is 27.5 Å². The van der Waals surface area contributed by atoms with E-state index in [4.69, 9.17) is 11.6 Å². The van der Waals surface area contributed by atoms with Crippen LogP contribution in [0.15, 0.2) is 47.2 Å². The molecule has 0 bridgehead atoms. The van der Waals surface area contributed by atoms with E-state index >= 15 is 0 Å². The van der Waals surface area contributed by atoms with Crippen LogP contribution in [0.4, 0.5) is 0 Å². The molecule has 0 amide bonds. The normalized spacial score (nSPS) is 11.5. The van der Waals surface area contributed by atoms with Crippen LogP contribution in [-0.2, 0) is 0 Å². The molecule has 3 heterocycles. The molecule has 0 spiro atoms. The standard InChI is InChI=1S/C13H7BrClN5/c14-9-7-17-20-12(5-11(15)18-13(9)20)19-10-4-2-1-3-8(10)6-16-19/h1-7H. The van der Waals surface area contributed by atoms with Crippen LogP contribution in [0.2, 0.25) is 5.15 Å². The highest BCUT2D eigenvalue weighted by Crippen LogP contribution is 2.24. The third kappa shape index (κ3) is 1.65. The van der Waals surface area contributed by atoms with Crippen molar-refractivity contribution in [2.75, 3.05) is 0 Å². The number of halogens is 2. The smallest absolute Gasteiger partial charge is 0.173 e. The molecule has 0 atom stereocenters.